The fourth-order valence-corrected chi connectivity index (χ4v) is 2.82. The largest absolute Gasteiger partial charge is 0.497 e. The molecule has 1 fully saturated rings. The molecule has 6 nitrogen and oxygen atoms in total. The molecule has 23 heavy (non-hydrogen) atoms. The Bertz CT molecular complexity index is 554. The number of nitrogens with two attached hydrogens (primary N) is 1. The molecule has 1 aliphatic rings. The highest BCUT2D eigenvalue weighted by molar-refractivity contribution is 5.78. The first-order chi connectivity index (χ1) is 11.0. The minimum atomic E-state index is -0.230. The average Bonchev–Trinajstić information content (AvgIpc) is 2.55. The number of amides is 2. The van der Waals surface area contributed by atoms with Crippen molar-refractivity contribution in [2.24, 2.45) is 11.7 Å². The Hall–Kier alpha value is -2.08. The fraction of sp³-hybridized carbons (Fsp3) is 0.529. The summed E-state index contributed by atoms with van der Waals surface area (Å²) in [4.78, 5) is 27.3. The van der Waals surface area contributed by atoms with Crippen LogP contribution in [-0.2, 0) is 16.1 Å². The number of primary amides is 1. The minimum Gasteiger partial charge on any atom is -0.497 e. The van der Waals surface area contributed by atoms with Crippen molar-refractivity contribution in [3.8, 4) is 5.75 Å². The van der Waals surface area contributed by atoms with Crippen LogP contribution in [0.15, 0.2) is 24.3 Å². The van der Waals surface area contributed by atoms with Crippen LogP contribution in [0.3, 0.4) is 0 Å². The van der Waals surface area contributed by atoms with E-state index in [-0.39, 0.29) is 17.7 Å². The second-order valence-corrected chi connectivity index (χ2v) is 6.05. The van der Waals surface area contributed by atoms with E-state index >= 15 is 0 Å². The second kappa shape index (κ2) is 7.97. The van der Waals surface area contributed by atoms with E-state index in [0.29, 0.717) is 13.1 Å². The normalized spacial score (nSPS) is 16.1. The highest BCUT2D eigenvalue weighted by Gasteiger charge is 2.24. The lowest BCUT2D eigenvalue weighted by Crippen LogP contribution is -2.43. The summed E-state index contributed by atoms with van der Waals surface area (Å²) >= 11 is 0. The predicted octanol–water partition coefficient (Wildman–Crippen LogP) is 0.851. The lowest BCUT2D eigenvalue weighted by atomic mass is 9.96. The smallest absolute Gasteiger partial charge is 0.236 e. The molecule has 0 bridgehead atoms. The Kier molecular flexibility index (Phi) is 5.98. The van der Waals surface area contributed by atoms with Crippen LogP contribution in [0, 0.1) is 5.92 Å². The number of rotatable bonds is 6. The standard InChI is InChI=1S/C17H25N3O3/c1-19(11-13-4-3-5-15(10-13)23-2)16(21)12-20-8-6-14(7-9-20)17(18)22/h3-5,10,14H,6-9,11-12H2,1-2H3,(H2,18,22). The molecule has 1 aromatic rings. The lowest BCUT2D eigenvalue weighted by Gasteiger charge is -2.31. The van der Waals surface area contributed by atoms with Gasteiger partial charge in [0, 0.05) is 19.5 Å². The topological polar surface area (TPSA) is 75.9 Å². The highest BCUT2D eigenvalue weighted by Crippen LogP contribution is 2.17. The molecule has 6 heteroatoms. The number of likely N-dealkylation sites (tertiary alicyclic amines) is 1. The number of methoxy groups -OCH3 is 1. The molecule has 126 valence electrons. The Balaban J connectivity index is 1.82. The van der Waals surface area contributed by atoms with Gasteiger partial charge in [-0.2, -0.15) is 0 Å². The van der Waals surface area contributed by atoms with Crippen molar-refractivity contribution in [3.05, 3.63) is 29.8 Å². The maximum atomic E-state index is 12.3. The number of carbonyl (C=O) groups excluding carboxylic acids is 2. The van der Waals surface area contributed by atoms with Gasteiger partial charge in [0.1, 0.15) is 5.75 Å². The van der Waals surface area contributed by atoms with Crippen LogP contribution in [0.1, 0.15) is 18.4 Å². The van der Waals surface area contributed by atoms with Crippen LogP contribution in [0.25, 0.3) is 0 Å². The van der Waals surface area contributed by atoms with Gasteiger partial charge in [-0.3, -0.25) is 14.5 Å². The van der Waals surface area contributed by atoms with Crippen LogP contribution in [0.5, 0.6) is 5.75 Å². The fourth-order valence-electron chi connectivity index (χ4n) is 2.82. The van der Waals surface area contributed by atoms with Crippen molar-refractivity contribution in [2.45, 2.75) is 19.4 Å². The molecule has 1 aromatic carbocycles. The van der Waals surface area contributed by atoms with Gasteiger partial charge in [-0.05, 0) is 43.6 Å². The van der Waals surface area contributed by atoms with Crippen LogP contribution in [-0.4, -0.2) is 55.4 Å². The number of piperidine rings is 1. The van der Waals surface area contributed by atoms with Crippen LogP contribution < -0.4 is 10.5 Å². The molecule has 2 rings (SSSR count). The lowest BCUT2D eigenvalue weighted by molar-refractivity contribution is -0.132. The van der Waals surface area contributed by atoms with E-state index in [2.05, 4.69) is 4.90 Å². The van der Waals surface area contributed by atoms with Gasteiger partial charge in [0.25, 0.3) is 0 Å². The third kappa shape index (κ3) is 4.96. The minimum absolute atomic E-state index is 0.0455. The molecule has 1 aliphatic heterocycles. The summed E-state index contributed by atoms with van der Waals surface area (Å²) in [5.74, 6) is 0.587. The molecule has 2 amide bonds. The third-order valence-corrected chi connectivity index (χ3v) is 4.33. The zero-order chi connectivity index (χ0) is 16.8. The molecule has 1 heterocycles. The highest BCUT2D eigenvalue weighted by atomic mass is 16.5. The second-order valence-electron chi connectivity index (χ2n) is 6.05. The maximum absolute atomic E-state index is 12.3. The van der Waals surface area contributed by atoms with E-state index in [9.17, 15) is 9.59 Å². The SMILES string of the molecule is COc1cccc(CN(C)C(=O)CN2CCC(C(N)=O)CC2)c1. The van der Waals surface area contributed by atoms with E-state index in [1.807, 2.05) is 24.3 Å². The Morgan fingerprint density at radius 1 is 1.35 bits per heavy atom. The van der Waals surface area contributed by atoms with Gasteiger partial charge < -0.3 is 15.4 Å². The van der Waals surface area contributed by atoms with E-state index in [4.69, 9.17) is 10.5 Å². The molecule has 0 saturated carbocycles. The van der Waals surface area contributed by atoms with E-state index < -0.39 is 0 Å². The van der Waals surface area contributed by atoms with E-state index in [1.165, 1.54) is 0 Å². The predicted molar refractivity (Wildman–Crippen MR) is 87.8 cm³/mol. The van der Waals surface area contributed by atoms with Crippen molar-refractivity contribution in [1.82, 2.24) is 9.80 Å². The zero-order valence-corrected chi connectivity index (χ0v) is 13.8. The molecule has 0 unspecified atom stereocenters. The number of likely N-dealkylation sites (N-methyl/N-ethyl adjacent to an activating group) is 1. The Morgan fingerprint density at radius 3 is 2.65 bits per heavy atom. The van der Waals surface area contributed by atoms with E-state index in [0.717, 1.165) is 37.2 Å². The monoisotopic (exact) mass is 319 g/mol. The molecule has 0 spiro atoms. The Labute approximate surface area is 137 Å². The van der Waals surface area contributed by atoms with Gasteiger partial charge in [-0.25, -0.2) is 0 Å². The van der Waals surface area contributed by atoms with Crippen molar-refractivity contribution < 1.29 is 14.3 Å². The summed E-state index contributed by atoms with van der Waals surface area (Å²) in [6, 6.07) is 7.71. The molecule has 1 saturated heterocycles. The summed E-state index contributed by atoms with van der Waals surface area (Å²) in [5.41, 5.74) is 6.36. The summed E-state index contributed by atoms with van der Waals surface area (Å²) in [7, 11) is 3.43. The number of nitrogens with zero attached hydrogens (tertiary/aromatic N) is 2. The average molecular weight is 319 g/mol. The summed E-state index contributed by atoms with van der Waals surface area (Å²) < 4.78 is 5.20. The molecule has 0 atom stereocenters. The first-order valence-corrected chi connectivity index (χ1v) is 7.88. The third-order valence-electron chi connectivity index (χ3n) is 4.33. The van der Waals surface area contributed by atoms with Crippen molar-refractivity contribution in [1.29, 1.82) is 0 Å². The molecule has 0 radical (unpaired) electrons. The van der Waals surface area contributed by atoms with Gasteiger partial charge in [0.05, 0.1) is 13.7 Å². The maximum Gasteiger partial charge on any atom is 0.236 e. The van der Waals surface area contributed by atoms with Gasteiger partial charge in [0.2, 0.25) is 11.8 Å². The molecular weight excluding hydrogens is 294 g/mol. The quantitative estimate of drug-likeness (QED) is 0.843. The zero-order valence-electron chi connectivity index (χ0n) is 13.8. The number of ether oxygens (including phenoxy) is 1. The molecule has 2 N–H and O–H groups in total. The summed E-state index contributed by atoms with van der Waals surface area (Å²) in [5, 5.41) is 0. The van der Waals surface area contributed by atoms with Gasteiger partial charge >= 0.3 is 0 Å². The first kappa shape index (κ1) is 17.3. The van der Waals surface area contributed by atoms with Crippen LogP contribution in [0.4, 0.5) is 0 Å². The molecule has 0 aliphatic carbocycles. The van der Waals surface area contributed by atoms with Crippen LogP contribution >= 0.6 is 0 Å². The van der Waals surface area contributed by atoms with Crippen molar-refractivity contribution >= 4 is 11.8 Å². The number of benzene rings is 1. The van der Waals surface area contributed by atoms with Crippen molar-refractivity contribution in [3.63, 3.8) is 0 Å². The van der Waals surface area contributed by atoms with E-state index in [1.54, 1.807) is 19.1 Å². The van der Waals surface area contributed by atoms with Gasteiger partial charge in [-0.15, -0.1) is 0 Å². The Morgan fingerprint density at radius 2 is 2.04 bits per heavy atom. The number of hydrogen-bond donors (Lipinski definition) is 1. The molecule has 0 aromatic heterocycles. The van der Waals surface area contributed by atoms with Crippen molar-refractivity contribution in [2.75, 3.05) is 33.8 Å². The van der Waals surface area contributed by atoms with Crippen LogP contribution in [0.2, 0.25) is 0 Å². The van der Waals surface area contributed by atoms with Gasteiger partial charge in [0.15, 0.2) is 0 Å². The summed E-state index contributed by atoms with van der Waals surface area (Å²) in [6.45, 7) is 2.42. The summed E-state index contributed by atoms with van der Waals surface area (Å²) in [6.07, 6.45) is 1.48. The molecular formula is C17H25N3O3. The number of carbonyl (C=O) groups is 2. The first-order valence-electron chi connectivity index (χ1n) is 7.88. The van der Waals surface area contributed by atoms with Gasteiger partial charge in [-0.1, -0.05) is 12.1 Å². The number of hydrogen-bond acceptors (Lipinski definition) is 4.